The van der Waals surface area contributed by atoms with Gasteiger partial charge in [-0.15, -0.1) is 0 Å². The first kappa shape index (κ1) is 12.6. The van der Waals surface area contributed by atoms with Gasteiger partial charge in [0.25, 0.3) is 0 Å². The van der Waals surface area contributed by atoms with E-state index in [1.807, 2.05) is 24.3 Å². The highest BCUT2D eigenvalue weighted by molar-refractivity contribution is 5.27. The molecule has 0 amide bonds. The average molecular weight is 217 g/mol. The van der Waals surface area contributed by atoms with Crippen LogP contribution in [0.25, 0.3) is 0 Å². The van der Waals surface area contributed by atoms with Gasteiger partial charge in [-0.05, 0) is 30.5 Å². The van der Waals surface area contributed by atoms with Gasteiger partial charge in [-0.1, -0.05) is 31.9 Å². The molecule has 16 heavy (non-hydrogen) atoms. The van der Waals surface area contributed by atoms with Crippen molar-refractivity contribution in [1.82, 2.24) is 0 Å². The monoisotopic (exact) mass is 217 g/mol. The van der Waals surface area contributed by atoms with E-state index < -0.39 is 0 Å². The first-order chi connectivity index (χ1) is 7.80. The SMILES string of the molecule is CCCCC(C#N)Cc1ccc(OC)cc1. The van der Waals surface area contributed by atoms with Crippen molar-refractivity contribution < 1.29 is 4.74 Å². The molecule has 0 aliphatic heterocycles. The normalized spacial score (nSPS) is 11.8. The molecule has 0 aromatic heterocycles. The second-order valence-corrected chi connectivity index (χ2v) is 4.02. The number of hydrogen-bond acceptors (Lipinski definition) is 2. The Morgan fingerprint density at radius 2 is 2.00 bits per heavy atom. The number of ether oxygens (including phenoxy) is 1. The summed E-state index contributed by atoms with van der Waals surface area (Å²) in [6.07, 6.45) is 4.13. The average Bonchev–Trinajstić information content (AvgIpc) is 2.35. The number of unbranched alkanes of at least 4 members (excludes halogenated alkanes) is 1. The van der Waals surface area contributed by atoms with Crippen LogP contribution in [-0.2, 0) is 6.42 Å². The number of rotatable bonds is 6. The Labute approximate surface area is 97.9 Å². The van der Waals surface area contributed by atoms with Crippen molar-refractivity contribution in [1.29, 1.82) is 5.26 Å². The molecule has 0 fully saturated rings. The molecule has 0 saturated carbocycles. The smallest absolute Gasteiger partial charge is 0.118 e. The van der Waals surface area contributed by atoms with E-state index in [0.29, 0.717) is 0 Å². The Kier molecular flexibility index (Phi) is 5.42. The van der Waals surface area contributed by atoms with Crippen LogP contribution in [0.2, 0.25) is 0 Å². The number of hydrogen-bond donors (Lipinski definition) is 0. The summed E-state index contributed by atoms with van der Waals surface area (Å²) in [6.45, 7) is 2.15. The van der Waals surface area contributed by atoms with Gasteiger partial charge in [0.15, 0.2) is 0 Å². The molecular weight excluding hydrogens is 198 g/mol. The second-order valence-electron chi connectivity index (χ2n) is 4.02. The molecule has 0 N–H and O–H groups in total. The summed E-state index contributed by atoms with van der Waals surface area (Å²) in [5.74, 6) is 1.01. The van der Waals surface area contributed by atoms with Crippen molar-refractivity contribution in [2.45, 2.75) is 32.6 Å². The molecule has 2 heteroatoms. The van der Waals surface area contributed by atoms with Gasteiger partial charge in [0, 0.05) is 0 Å². The highest BCUT2D eigenvalue weighted by atomic mass is 16.5. The third-order valence-electron chi connectivity index (χ3n) is 2.73. The maximum Gasteiger partial charge on any atom is 0.118 e. The van der Waals surface area contributed by atoms with E-state index in [2.05, 4.69) is 13.0 Å². The van der Waals surface area contributed by atoms with Gasteiger partial charge in [0.05, 0.1) is 19.1 Å². The Hall–Kier alpha value is -1.49. The molecular formula is C14H19NO. The molecule has 2 nitrogen and oxygen atoms in total. The van der Waals surface area contributed by atoms with Gasteiger partial charge in [-0.3, -0.25) is 0 Å². The van der Waals surface area contributed by atoms with E-state index in [4.69, 9.17) is 10.00 Å². The molecule has 0 saturated heterocycles. The van der Waals surface area contributed by atoms with Crippen LogP contribution in [0.3, 0.4) is 0 Å². The highest BCUT2D eigenvalue weighted by Crippen LogP contribution is 2.17. The zero-order valence-corrected chi connectivity index (χ0v) is 10.1. The largest absolute Gasteiger partial charge is 0.497 e. The highest BCUT2D eigenvalue weighted by Gasteiger charge is 2.07. The van der Waals surface area contributed by atoms with E-state index in [-0.39, 0.29) is 5.92 Å². The fourth-order valence-electron chi connectivity index (χ4n) is 1.71. The van der Waals surface area contributed by atoms with Crippen LogP contribution >= 0.6 is 0 Å². The molecule has 0 bridgehead atoms. The quantitative estimate of drug-likeness (QED) is 0.729. The van der Waals surface area contributed by atoms with Gasteiger partial charge in [0.1, 0.15) is 5.75 Å². The topological polar surface area (TPSA) is 33.0 Å². The summed E-state index contributed by atoms with van der Waals surface area (Å²) in [4.78, 5) is 0. The van der Waals surface area contributed by atoms with E-state index in [9.17, 15) is 0 Å². The lowest BCUT2D eigenvalue weighted by molar-refractivity contribution is 0.414. The molecule has 0 radical (unpaired) electrons. The van der Waals surface area contributed by atoms with Gasteiger partial charge in [-0.2, -0.15) is 5.26 Å². The number of nitrogens with zero attached hydrogens (tertiary/aromatic N) is 1. The van der Waals surface area contributed by atoms with Gasteiger partial charge >= 0.3 is 0 Å². The third-order valence-corrected chi connectivity index (χ3v) is 2.73. The Bertz CT molecular complexity index is 337. The van der Waals surface area contributed by atoms with Gasteiger partial charge in [-0.25, -0.2) is 0 Å². The Balaban J connectivity index is 2.53. The second kappa shape index (κ2) is 6.90. The van der Waals surface area contributed by atoms with Crippen molar-refractivity contribution in [2.24, 2.45) is 5.92 Å². The molecule has 0 heterocycles. The summed E-state index contributed by atoms with van der Waals surface area (Å²) >= 11 is 0. The zero-order valence-electron chi connectivity index (χ0n) is 10.1. The lowest BCUT2D eigenvalue weighted by Gasteiger charge is -2.08. The lowest BCUT2D eigenvalue weighted by atomic mass is 9.95. The zero-order chi connectivity index (χ0) is 11.8. The molecule has 0 aliphatic carbocycles. The van der Waals surface area contributed by atoms with Crippen LogP contribution in [-0.4, -0.2) is 7.11 Å². The van der Waals surface area contributed by atoms with Crippen molar-refractivity contribution >= 4 is 0 Å². The van der Waals surface area contributed by atoms with E-state index in [1.54, 1.807) is 7.11 Å². The van der Waals surface area contributed by atoms with Crippen molar-refractivity contribution in [3.8, 4) is 11.8 Å². The number of nitriles is 1. The van der Waals surface area contributed by atoms with E-state index in [0.717, 1.165) is 31.4 Å². The third kappa shape index (κ3) is 3.94. The van der Waals surface area contributed by atoms with Crippen LogP contribution in [0.5, 0.6) is 5.75 Å². The first-order valence-corrected chi connectivity index (χ1v) is 5.82. The number of methoxy groups -OCH3 is 1. The Morgan fingerprint density at radius 1 is 1.31 bits per heavy atom. The summed E-state index contributed by atoms with van der Waals surface area (Å²) < 4.78 is 5.10. The summed E-state index contributed by atoms with van der Waals surface area (Å²) in [5.41, 5.74) is 1.21. The van der Waals surface area contributed by atoms with E-state index in [1.165, 1.54) is 5.56 Å². The predicted octanol–water partition coefficient (Wildman–Crippen LogP) is 3.57. The molecule has 1 unspecified atom stereocenters. The van der Waals surface area contributed by atoms with Crippen LogP contribution in [0.1, 0.15) is 31.7 Å². The minimum atomic E-state index is 0.147. The van der Waals surface area contributed by atoms with Crippen LogP contribution in [0.4, 0.5) is 0 Å². The van der Waals surface area contributed by atoms with Crippen molar-refractivity contribution in [2.75, 3.05) is 7.11 Å². The Morgan fingerprint density at radius 3 is 2.50 bits per heavy atom. The van der Waals surface area contributed by atoms with Gasteiger partial charge in [0.2, 0.25) is 0 Å². The summed E-state index contributed by atoms with van der Waals surface area (Å²) in [6, 6.07) is 10.4. The van der Waals surface area contributed by atoms with Gasteiger partial charge < -0.3 is 4.74 Å². The molecule has 0 spiro atoms. The van der Waals surface area contributed by atoms with Crippen LogP contribution < -0.4 is 4.74 Å². The minimum absolute atomic E-state index is 0.147. The molecule has 1 rings (SSSR count). The van der Waals surface area contributed by atoms with E-state index >= 15 is 0 Å². The first-order valence-electron chi connectivity index (χ1n) is 5.82. The van der Waals surface area contributed by atoms with Crippen LogP contribution in [0.15, 0.2) is 24.3 Å². The molecule has 1 atom stereocenters. The molecule has 86 valence electrons. The minimum Gasteiger partial charge on any atom is -0.497 e. The standard InChI is InChI=1S/C14H19NO/c1-3-4-5-13(11-15)10-12-6-8-14(16-2)9-7-12/h6-9,13H,3-5,10H2,1-2H3. The summed E-state index contributed by atoms with van der Waals surface area (Å²) in [7, 11) is 1.66. The maximum atomic E-state index is 9.04. The predicted molar refractivity (Wildman–Crippen MR) is 65.3 cm³/mol. The fraction of sp³-hybridized carbons (Fsp3) is 0.500. The van der Waals surface area contributed by atoms with Crippen molar-refractivity contribution in [3.05, 3.63) is 29.8 Å². The molecule has 0 aliphatic rings. The molecule has 1 aromatic carbocycles. The summed E-state index contributed by atoms with van der Waals surface area (Å²) in [5, 5.41) is 9.04. The fourth-order valence-corrected chi connectivity index (χ4v) is 1.71. The lowest BCUT2D eigenvalue weighted by Crippen LogP contribution is -2.01. The van der Waals surface area contributed by atoms with Crippen LogP contribution in [0, 0.1) is 17.2 Å². The van der Waals surface area contributed by atoms with Crippen molar-refractivity contribution in [3.63, 3.8) is 0 Å². The maximum absolute atomic E-state index is 9.04. The molecule has 1 aromatic rings. The number of benzene rings is 1.